The smallest absolute Gasteiger partial charge is 0.407 e. The van der Waals surface area contributed by atoms with Gasteiger partial charge in [-0.3, -0.25) is 9.59 Å². The Morgan fingerprint density at radius 1 is 0.859 bits per heavy atom. The van der Waals surface area contributed by atoms with Crippen molar-refractivity contribution in [2.24, 2.45) is 17.3 Å². The first-order valence-corrected chi connectivity index (χ1v) is 22.3. The first-order chi connectivity index (χ1) is 30.7. The SMILES string of the molecule is CC[C@H](NC(=O)OC)C(=O)N1[C@@H]2CC[C@@H](C2)[C@H]1c1nc2ccc(-c3ccc4c(c3)C(F)(F)c3cc(-c5cnc([C@@H]6CC7(CC7)CN6C(=O)C(NC(=O)OC)C(C)C)[nH]5)ccc3-4)cc2[nH]1. The lowest BCUT2D eigenvalue weighted by molar-refractivity contribution is -0.138. The molecule has 2 bridgehead atoms. The molecule has 5 aromatic rings. The van der Waals surface area contributed by atoms with Crippen LogP contribution in [0.3, 0.4) is 0 Å². The Morgan fingerprint density at radius 2 is 1.53 bits per heavy atom. The maximum absolute atomic E-state index is 16.7. The molecule has 3 aromatic carbocycles. The second-order valence-electron chi connectivity index (χ2n) is 18.7. The standard InChI is InChI=1S/C48H52F2N8O6/c1-6-34(55-45(61)63-4)43(59)58-29-11-7-28(17-29)40(58)42-52-35-14-10-26(20-36(35)53-42)25-8-12-30-31-13-9-27(19-33(31)48(49,50)32(30)18-25)37-22-51-41(54-37)38-21-47(15-16-47)23-57(38)44(60)39(24(2)3)56-46(62)64-5/h8-10,12-14,18-20,22,24,28-29,34,38-40H,6-7,11,15-17,21,23H2,1-5H3,(H,51,54)(H,52,53)(H,55,61)(H,56,62)/t28-,29+,34-,38-,39?,40-/m0/s1. The molecular weight excluding hydrogens is 823 g/mol. The third kappa shape index (κ3) is 6.87. The molecule has 4 heterocycles. The number of hydrogen-bond acceptors (Lipinski definition) is 8. The summed E-state index contributed by atoms with van der Waals surface area (Å²) in [4.78, 5) is 72.2. The first-order valence-electron chi connectivity index (χ1n) is 22.3. The molecule has 3 aliphatic carbocycles. The lowest BCUT2D eigenvalue weighted by Crippen LogP contribution is -2.51. The number of fused-ring (bicyclic) bond motifs is 6. The van der Waals surface area contributed by atoms with Crippen molar-refractivity contribution < 1.29 is 37.4 Å². The lowest BCUT2D eigenvalue weighted by atomic mass is 9.97. The van der Waals surface area contributed by atoms with Gasteiger partial charge in [-0.2, -0.15) is 8.78 Å². The van der Waals surface area contributed by atoms with Crippen molar-refractivity contribution in [2.75, 3.05) is 20.8 Å². The number of likely N-dealkylation sites (tertiary alicyclic amines) is 2. The van der Waals surface area contributed by atoms with Crippen LogP contribution in [0, 0.1) is 17.3 Å². The monoisotopic (exact) mass is 874 g/mol. The van der Waals surface area contributed by atoms with E-state index in [1.807, 2.05) is 56.0 Å². The number of aromatic amines is 2. The summed E-state index contributed by atoms with van der Waals surface area (Å²) in [6.45, 7) is 6.15. The minimum absolute atomic E-state index is 0.0112. The minimum Gasteiger partial charge on any atom is -0.453 e. The Labute approximate surface area is 368 Å². The van der Waals surface area contributed by atoms with E-state index in [0.717, 1.165) is 49.6 Å². The van der Waals surface area contributed by atoms with Crippen LogP contribution in [0.2, 0.25) is 0 Å². The zero-order chi connectivity index (χ0) is 44.8. The molecule has 64 heavy (non-hydrogen) atoms. The summed E-state index contributed by atoms with van der Waals surface area (Å²) in [6.07, 6.45) is 6.18. The van der Waals surface area contributed by atoms with E-state index in [4.69, 9.17) is 19.4 Å². The van der Waals surface area contributed by atoms with Crippen LogP contribution in [-0.4, -0.2) is 92.6 Å². The number of nitrogens with one attached hydrogen (secondary N) is 4. The molecule has 334 valence electrons. The molecule has 2 aromatic heterocycles. The number of rotatable bonds is 10. The number of nitrogens with zero attached hydrogens (tertiary/aromatic N) is 4. The molecule has 1 spiro atoms. The second kappa shape index (κ2) is 15.4. The van der Waals surface area contributed by atoms with Gasteiger partial charge in [-0.1, -0.05) is 51.1 Å². The van der Waals surface area contributed by atoms with Gasteiger partial charge >= 0.3 is 12.2 Å². The number of hydrogen-bond donors (Lipinski definition) is 4. The van der Waals surface area contributed by atoms with Crippen LogP contribution >= 0.6 is 0 Å². The molecule has 1 unspecified atom stereocenters. The number of aromatic nitrogens is 4. The molecule has 2 aliphatic heterocycles. The van der Waals surface area contributed by atoms with Gasteiger partial charge in [0, 0.05) is 29.3 Å². The number of amides is 4. The van der Waals surface area contributed by atoms with Crippen LogP contribution in [0.15, 0.2) is 60.8 Å². The van der Waals surface area contributed by atoms with E-state index in [-0.39, 0.29) is 58.3 Å². The third-order valence-electron chi connectivity index (χ3n) is 14.5. The summed E-state index contributed by atoms with van der Waals surface area (Å²) in [7, 11) is 2.54. The van der Waals surface area contributed by atoms with Crippen molar-refractivity contribution in [3.8, 4) is 33.5 Å². The third-order valence-corrected chi connectivity index (χ3v) is 14.5. The average Bonchev–Trinajstić information content (AvgIpc) is 3.95. The van der Waals surface area contributed by atoms with Crippen molar-refractivity contribution in [3.05, 3.63) is 83.6 Å². The highest BCUT2D eigenvalue weighted by Crippen LogP contribution is 2.59. The van der Waals surface area contributed by atoms with Gasteiger partial charge in [0.15, 0.2) is 0 Å². The van der Waals surface area contributed by atoms with E-state index in [2.05, 4.69) is 20.6 Å². The zero-order valence-electron chi connectivity index (χ0n) is 36.5. The number of methoxy groups -OCH3 is 2. The van der Waals surface area contributed by atoms with Crippen molar-refractivity contribution in [2.45, 2.75) is 102 Å². The number of carbonyl (C=O) groups is 4. The Bertz CT molecular complexity index is 2710. The highest BCUT2D eigenvalue weighted by molar-refractivity contribution is 5.89. The van der Waals surface area contributed by atoms with Gasteiger partial charge in [0.25, 0.3) is 5.92 Å². The van der Waals surface area contributed by atoms with Gasteiger partial charge in [0.2, 0.25) is 11.8 Å². The fraction of sp³-hybridized carbons (Fsp3) is 0.458. The van der Waals surface area contributed by atoms with Crippen molar-refractivity contribution in [1.82, 2.24) is 40.4 Å². The number of H-pyrrole nitrogens is 2. The minimum atomic E-state index is -3.28. The Morgan fingerprint density at radius 3 is 2.22 bits per heavy atom. The number of piperidine rings is 1. The molecule has 10 rings (SSSR count). The molecule has 2 saturated carbocycles. The van der Waals surface area contributed by atoms with Crippen LogP contribution in [0.4, 0.5) is 18.4 Å². The van der Waals surface area contributed by atoms with Crippen molar-refractivity contribution in [1.29, 1.82) is 0 Å². The lowest BCUT2D eigenvalue weighted by Gasteiger charge is -2.36. The van der Waals surface area contributed by atoms with Crippen LogP contribution in [-0.2, 0) is 25.0 Å². The summed E-state index contributed by atoms with van der Waals surface area (Å²) in [5.41, 5.74) is 4.69. The first kappa shape index (κ1) is 41.7. The number of carbonyl (C=O) groups excluding carboxylic acids is 4. The Hall–Kier alpha value is -6.32. The van der Waals surface area contributed by atoms with Gasteiger partial charge in [0.05, 0.1) is 49.2 Å². The normalized spacial score (nSPS) is 23.0. The predicted molar refractivity (Wildman–Crippen MR) is 233 cm³/mol. The summed E-state index contributed by atoms with van der Waals surface area (Å²) < 4.78 is 42.9. The van der Waals surface area contributed by atoms with E-state index in [1.54, 1.807) is 29.3 Å². The highest BCUT2D eigenvalue weighted by Gasteiger charge is 2.55. The predicted octanol–water partition coefficient (Wildman–Crippen LogP) is 8.36. The van der Waals surface area contributed by atoms with Gasteiger partial charge in [-0.05, 0) is 109 Å². The molecule has 4 amide bonds. The van der Waals surface area contributed by atoms with Crippen LogP contribution < -0.4 is 10.6 Å². The largest absolute Gasteiger partial charge is 0.453 e. The fourth-order valence-corrected chi connectivity index (χ4v) is 10.9. The average molecular weight is 875 g/mol. The van der Waals surface area contributed by atoms with Gasteiger partial charge in [-0.25, -0.2) is 19.6 Å². The number of alkyl carbamates (subject to hydrolysis) is 2. The molecule has 6 atom stereocenters. The van der Waals surface area contributed by atoms with Crippen LogP contribution in [0.25, 0.3) is 44.5 Å². The number of imidazole rings is 2. The highest BCUT2D eigenvalue weighted by atomic mass is 19.3. The molecule has 16 heteroatoms. The maximum atomic E-state index is 16.7. The van der Waals surface area contributed by atoms with Crippen molar-refractivity contribution in [3.63, 3.8) is 0 Å². The molecule has 5 aliphatic rings. The Balaban J connectivity index is 0.895. The van der Waals surface area contributed by atoms with E-state index in [9.17, 15) is 19.2 Å². The maximum Gasteiger partial charge on any atom is 0.407 e. The molecule has 0 radical (unpaired) electrons. The van der Waals surface area contributed by atoms with E-state index < -0.39 is 30.2 Å². The summed E-state index contributed by atoms with van der Waals surface area (Å²) in [5, 5.41) is 5.38. The van der Waals surface area contributed by atoms with Crippen LogP contribution in [0.5, 0.6) is 0 Å². The molecule has 4 fully saturated rings. The fourth-order valence-electron chi connectivity index (χ4n) is 10.9. The van der Waals surface area contributed by atoms with Gasteiger partial charge < -0.3 is 39.9 Å². The van der Waals surface area contributed by atoms with E-state index in [1.165, 1.54) is 20.3 Å². The summed E-state index contributed by atoms with van der Waals surface area (Å²) in [6, 6.07) is 13.8. The summed E-state index contributed by atoms with van der Waals surface area (Å²) >= 11 is 0. The number of benzene rings is 3. The summed E-state index contributed by atoms with van der Waals surface area (Å²) in [5.74, 6) is -2.35. The second-order valence-corrected chi connectivity index (χ2v) is 18.7. The zero-order valence-corrected chi connectivity index (χ0v) is 36.5. The number of alkyl halides is 2. The molecular formula is C48H52F2N8O6. The van der Waals surface area contributed by atoms with Gasteiger partial charge in [0.1, 0.15) is 23.7 Å². The quantitative estimate of drug-likeness (QED) is 0.108. The molecule has 14 nitrogen and oxygen atoms in total. The van der Waals surface area contributed by atoms with Gasteiger partial charge in [-0.15, -0.1) is 0 Å². The topological polar surface area (TPSA) is 175 Å². The van der Waals surface area contributed by atoms with Crippen LogP contribution in [0.1, 0.15) is 101 Å². The number of ether oxygens (including phenoxy) is 2. The molecule has 2 saturated heterocycles. The molecule has 4 N–H and O–H groups in total. The Kier molecular flexibility index (Phi) is 10.1. The van der Waals surface area contributed by atoms with E-state index in [0.29, 0.717) is 58.1 Å². The van der Waals surface area contributed by atoms with E-state index >= 15 is 8.78 Å². The van der Waals surface area contributed by atoms with Crippen molar-refractivity contribution >= 4 is 35.0 Å². The number of halogens is 2.